The number of aromatic nitrogens is 1. The number of halogens is 1. The summed E-state index contributed by atoms with van der Waals surface area (Å²) < 4.78 is 5.61. The van der Waals surface area contributed by atoms with Crippen molar-refractivity contribution in [2.24, 2.45) is 0 Å². The second kappa shape index (κ2) is 5.12. The van der Waals surface area contributed by atoms with Crippen molar-refractivity contribution >= 4 is 28.2 Å². The summed E-state index contributed by atoms with van der Waals surface area (Å²) in [7, 11) is 0. The lowest BCUT2D eigenvalue weighted by molar-refractivity contribution is 0.120. The topological polar surface area (TPSA) is 34.1 Å². The molecule has 4 heteroatoms. The van der Waals surface area contributed by atoms with Crippen molar-refractivity contribution in [3.05, 3.63) is 35.5 Å². The molecule has 2 aromatic rings. The Morgan fingerprint density at radius 3 is 3.17 bits per heavy atom. The van der Waals surface area contributed by atoms with Gasteiger partial charge in [0.2, 0.25) is 0 Å². The highest BCUT2D eigenvalue weighted by atomic mass is 35.5. The lowest BCUT2D eigenvalue weighted by atomic mass is 10.1. The third-order valence-corrected chi connectivity index (χ3v) is 3.57. The summed E-state index contributed by atoms with van der Waals surface area (Å²) in [6, 6.07) is 7.82. The lowest BCUT2D eigenvalue weighted by Gasteiger charge is -2.13. The third kappa shape index (κ3) is 2.28. The maximum absolute atomic E-state index is 6.14. The average molecular weight is 263 g/mol. The van der Waals surface area contributed by atoms with E-state index in [2.05, 4.69) is 10.3 Å². The van der Waals surface area contributed by atoms with Crippen molar-refractivity contribution in [3.63, 3.8) is 0 Å². The minimum absolute atomic E-state index is 0.326. The Morgan fingerprint density at radius 2 is 2.33 bits per heavy atom. The number of para-hydroxylation sites is 1. The van der Waals surface area contributed by atoms with E-state index in [1.165, 1.54) is 0 Å². The summed E-state index contributed by atoms with van der Waals surface area (Å²) in [6.07, 6.45) is 4.41. The number of hydrogen-bond donors (Lipinski definition) is 1. The number of fused-ring (bicyclic) bond motifs is 1. The van der Waals surface area contributed by atoms with Gasteiger partial charge in [-0.1, -0.05) is 23.7 Å². The van der Waals surface area contributed by atoms with Crippen LogP contribution in [0.1, 0.15) is 12.8 Å². The molecule has 0 aliphatic carbocycles. The molecular formula is C14H15ClN2O. The summed E-state index contributed by atoms with van der Waals surface area (Å²) in [6.45, 7) is 1.72. The Labute approximate surface area is 111 Å². The van der Waals surface area contributed by atoms with Crippen molar-refractivity contribution in [3.8, 4) is 0 Å². The standard InChI is InChI=1S/C14H15ClN2O/c15-12-5-1-4-11-13(6-7-16-14(11)12)17-9-10-3-2-8-18-10/h1,4-7,10H,2-3,8-9H2,(H,16,17)/t10-/m1/s1. The molecule has 0 amide bonds. The van der Waals surface area contributed by atoms with Crippen LogP contribution in [0.2, 0.25) is 5.02 Å². The van der Waals surface area contributed by atoms with Gasteiger partial charge in [-0.2, -0.15) is 0 Å². The number of nitrogens with zero attached hydrogens (tertiary/aromatic N) is 1. The van der Waals surface area contributed by atoms with Gasteiger partial charge in [0.15, 0.2) is 0 Å². The normalized spacial score (nSPS) is 19.3. The molecule has 0 spiro atoms. The van der Waals surface area contributed by atoms with E-state index in [0.717, 1.165) is 42.6 Å². The number of benzene rings is 1. The lowest BCUT2D eigenvalue weighted by Crippen LogP contribution is -2.18. The van der Waals surface area contributed by atoms with Gasteiger partial charge in [-0.3, -0.25) is 4.98 Å². The van der Waals surface area contributed by atoms with Crippen molar-refractivity contribution in [2.45, 2.75) is 18.9 Å². The molecule has 1 aliphatic heterocycles. The van der Waals surface area contributed by atoms with Crippen molar-refractivity contribution in [1.29, 1.82) is 0 Å². The predicted octanol–water partition coefficient (Wildman–Crippen LogP) is 3.48. The molecule has 1 aromatic carbocycles. The minimum atomic E-state index is 0.326. The number of ether oxygens (including phenoxy) is 1. The molecule has 3 rings (SSSR count). The molecule has 1 atom stereocenters. The molecule has 1 saturated heterocycles. The van der Waals surface area contributed by atoms with E-state index < -0.39 is 0 Å². The van der Waals surface area contributed by atoms with Crippen LogP contribution < -0.4 is 5.32 Å². The number of nitrogens with one attached hydrogen (secondary N) is 1. The molecule has 1 aliphatic rings. The van der Waals surface area contributed by atoms with Crippen LogP contribution in [0, 0.1) is 0 Å². The summed E-state index contributed by atoms with van der Waals surface area (Å²) in [5.41, 5.74) is 1.91. The smallest absolute Gasteiger partial charge is 0.0908 e. The number of anilines is 1. The average Bonchev–Trinajstić information content (AvgIpc) is 2.90. The van der Waals surface area contributed by atoms with E-state index in [9.17, 15) is 0 Å². The Morgan fingerprint density at radius 1 is 1.39 bits per heavy atom. The number of rotatable bonds is 3. The van der Waals surface area contributed by atoms with Gasteiger partial charge in [0.1, 0.15) is 0 Å². The quantitative estimate of drug-likeness (QED) is 0.920. The third-order valence-electron chi connectivity index (χ3n) is 3.27. The first-order valence-corrected chi connectivity index (χ1v) is 6.61. The molecule has 3 nitrogen and oxygen atoms in total. The second-order valence-electron chi connectivity index (χ2n) is 4.51. The Bertz CT molecular complexity index is 552. The van der Waals surface area contributed by atoms with E-state index in [1.807, 2.05) is 24.3 Å². The molecule has 0 unspecified atom stereocenters. The molecule has 94 valence electrons. The maximum atomic E-state index is 6.14. The molecule has 18 heavy (non-hydrogen) atoms. The molecule has 2 heterocycles. The SMILES string of the molecule is Clc1cccc2c(NC[C@H]3CCCO3)ccnc12. The first kappa shape index (κ1) is 11.8. The molecule has 0 bridgehead atoms. The van der Waals surface area contributed by atoms with Crippen LogP contribution in [-0.4, -0.2) is 24.2 Å². The Hall–Kier alpha value is -1.32. The van der Waals surface area contributed by atoms with Gasteiger partial charge in [-0.05, 0) is 25.0 Å². The fourth-order valence-electron chi connectivity index (χ4n) is 2.32. The molecule has 0 radical (unpaired) electrons. The number of hydrogen-bond acceptors (Lipinski definition) is 3. The van der Waals surface area contributed by atoms with Gasteiger partial charge in [-0.25, -0.2) is 0 Å². The van der Waals surface area contributed by atoms with Crippen LogP contribution >= 0.6 is 11.6 Å². The highest BCUT2D eigenvalue weighted by molar-refractivity contribution is 6.35. The van der Waals surface area contributed by atoms with Crippen LogP contribution in [0.25, 0.3) is 10.9 Å². The summed E-state index contributed by atoms with van der Waals surface area (Å²) in [5.74, 6) is 0. The van der Waals surface area contributed by atoms with Crippen LogP contribution in [0.3, 0.4) is 0 Å². The molecule has 1 N–H and O–H groups in total. The highest BCUT2D eigenvalue weighted by Gasteiger charge is 2.15. The predicted molar refractivity (Wildman–Crippen MR) is 74.2 cm³/mol. The number of pyridine rings is 1. The van der Waals surface area contributed by atoms with Crippen molar-refractivity contribution < 1.29 is 4.74 Å². The van der Waals surface area contributed by atoms with E-state index in [4.69, 9.17) is 16.3 Å². The van der Waals surface area contributed by atoms with E-state index in [-0.39, 0.29) is 0 Å². The first-order chi connectivity index (χ1) is 8.84. The monoisotopic (exact) mass is 262 g/mol. The molecular weight excluding hydrogens is 248 g/mol. The molecule has 0 saturated carbocycles. The van der Waals surface area contributed by atoms with Crippen molar-refractivity contribution in [1.82, 2.24) is 4.98 Å². The minimum Gasteiger partial charge on any atom is -0.382 e. The highest BCUT2D eigenvalue weighted by Crippen LogP contribution is 2.27. The van der Waals surface area contributed by atoms with Gasteiger partial charge in [0.05, 0.1) is 16.6 Å². The van der Waals surface area contributed by atoms with Gasteiger partial charge in [0.25, 0.3) is 0 Å². The van der Waals surface area contributed by atoms with Gasteiger partial charge in [-0.15, -0.1) is 0 Å². The maximum Gasteiger partial charge on any atom is 0.0908 e. The summed E-state index contributed by atoms with van der Waals surface area (Å²) in [5, 5.41) is 5.18. The van der Waals surface area contributed by atoms with Gasteiger partial charge in [0, 0.05) is 30.4 Å². The second-order valence-corrected chi connectivity index (χ2v) is 4.92. The largest absolute Gasteiger partial charge is 0.382 e. The van der Waals surface area contributed by atoms with Gasteiger partial charge < -0.3 is 10.1 Å². The van der Waals surface area contributed by atoms with Crippen LogP contribution in [-0.2, 0) is 4.74 Å². The summed E-state index contributed by atoms with van der Waals surface area (Å²) >= 11 is 6.14. The molecule has 1 fully saturated rings. The van der Waals surface area contributed by atoms with E-state index >= 15 is 0 Å². The van der Waals surface area contributed by atoms with Gasteiger partial charge >= 0.3 is 0 Å². The first-order valence-electron chi connectivity index (χ1n) is 6.23. The van der Waals surface area contributed by atoms with E-state index in [0.29, 0.717) is 11.1 Å². The van der Waals surface area contributed by atoms with Crippen molar-refractivity contribution in [2.75, 3.05) is 18.5 Å². The van der Waals surface area contributed by atoms with Crippen LogP contribution in [0.4, 0.5) is 5.69 Å². The Balaban J connectivity index is 1.85. The fraction of sp³-hybridized carbons (Fsp3) is 0.357. The van der Waals surface area contributed by atoms with E-state index in [1.54, 1.807) is 6.20 Å². The molecule has 1 aromatic heterocycles. The fourth-order valence-corrected chi connectivity index (χ4v) is 2.55. The zero-order chi connectivity index (χ0) is 12.4. The van der Waals surface area contributed by atoms with Crippen LogP contribution in [0.15, 0.2) is 30.5 Å². The Kier molecular flexibility index (Phi) is 3.35. The summed E-state index contributed by atoms with van der Waals surface area (Å²) in [4.78, 5) is 4.32. The zero-order valence-corrected chi connectivity index (χ0v) is 10.8. The zero-order valence-electron chi connectivity index (χ0n) is 10.0. The van der Waals surface area contributed by atoms with Crippen LogP contribution in [0.5, 0.6) is 0 Å².